The Morgan fingerprint density at radius 3 is 2.45 bits per heavy atom. The SMILES string of the molecule is Cc1c(C(=O)Cl)cc(-c2cc(Cl)c(OC(F)F)cc2C(=O)N2Cc3ccccc3CC2CN2CCOCC2)n1C. The number of aromatic nitrogens is 1. The third kappa shape index (κ3) is 5.74. The first-order chi connectivity index (χ1) is 19.1. The number of nitrogens with zero attached hydrogens (tertiary/aromatic N) is 3. The number of carbonyl (C=O) groups excluding carboxylic acids is 2. The van der Waals surface area contributed by atoms with Crippen LogP contribution in [0.3, 0.4) is 0 Å². The monoisotopic (exact) mass is 591 g/mol. The van der Waals surface area contributed by atoms with Gasteiger partial charge < -0.3 is 18.9 Å². The molecule has 11 heteroatoms. The maximum Gasteiger partial charge on any atom is 0.387 e. The first-order valence-electron chi connectivity index (χ1n) is 13.0. The van der Waals surface area contributed by atoms with Crippen LogP contribution in [0.25, 0.3) is 11.3 Å². The summed E-state index contributed by atoms with van der Waals surface area (Å²) >= 11 is 12.2. The van der Waals surface area contributed by atoms with E-state index in [4.69, 9.17) is 27.9 Å². The van der Waals surface area contributed by atoms with Gasteiger partial charge in [0.25, 0.3) is 11.1 Å². The Balaban J connectivity index is 1.61. The number of halogens is 4. The molecule has 1 saturated heterocycles. The minimum Gasteiger partial charge on any atom is -0.433 e. The summed E-state index contributed by atoms with van der Waals surface area (Å²) in [5.41, 5.74) is 4.09. The van der Waals surface area contributed by atoms with Crippen LogP contribution in [0, 0.1) is 6.92 Å². The minimum atomic E-state index is -3.13. The number of fused-ring (bicyclic) bond motifs is 1. The van der Waals surface area contributed by atoms with Crippen LogP contribution in [-0.4, -0.2) is 71.0 Å². The largest absolute Gasteiger partial charge is 0.433 e. The van der Waals surface area contributed by atoms with E-state index < -0.39 is 11.9 Å². The maximum atomic E-state index is 14.4. The predicted molar refractivity (Wildman–Crippen MR) is 148 cm³/mol. The Kier molecular flexibility index (Phi) is 8.47. The Morgan fingerprint density at radius 1 is 1.10 bits per heavy atom. The van der Waals surface area contributed by atoms with Crippen LogP contribution >= 0.6 is 23.2 Å². The highest BCUT2D eigenvalue weighted by atomic mass is 35.5. The molecule has 5 rings (SSSR count). The molecule has 0 spiro atoms. The molecule has 2 aromatic carbocycles. The number of benzene rings is 2. The molecular formula is C29H29Cl2F2N3O4. The number of hydrogen-bond acceptors (Lipinski definition) is 5. The van der Waals surface area contributed by atoms with E-state index in [0.717, 1.165) is 18.7 Å². The van der Waals surface area contributed by atoms with Crippen molar-refractivity contribution in [2.75, 3.05) is 32.8 Å². The molecule has 1 aromatic heterocycles. The van der Waals surface area contributed by atoms with Gasteiger partial charge in [-0.15, -0.1) is 0 Å². The van der Waals surface area contributed by atoms with Gasteiger partial charge in [0.15, 0.2) is 0 Å². The zero-order valence-corrected chi connectivity index (χ0v) is 23.6. The number of amides is 1. The van der Waals surface area contributed by atoms with Crippen LogP contribution in [0.4, 0.5) is 8.78 Å². The lowest BCUT2D eigenvalue weighted by atomic mass is 9.92. The van der Waals surface area contributed by atoms with Crippen molar-refractivity contribution >= 4 is 34.4 Å². The molecule has 7 nitrogen and oxygen atoms in total. The molecule has 1 amide bonds. The molecule has 0 N–H and O–H groups in total. The molecule has 2 aliphatic rings. The molecular weight excluding hydrogens is 563 g/mol. The highest BCUT2D eigenvalue weighted by Gasteiger charge is 2.34. The van der Waals surface area contributed by atoms with Crippen molar-refractivity contribution in [3.8, 4) is 17.0 Å². The average Bonchev–Trinajstić information content (AvgIpc) is 3.23. The van der Waals surface area contributed by atoms with E-state index >= 15 is 0 Å². The fraction of sp³-hybridized carbons (Fsp3) is 0.379. The standard InChI is InChI=1S/C29H29Cl2F2N3O4/c1-17-21(27(31)37)13-25(34(17)2)22-12-24(30)26(40-29(32)33)14-23(22)28(38)36-15-19-6-4-3-5-18(19)11-20(36)16-35-7-9-39-10-8-35/h3-6,12-14,20,29H,7-11,15-16H2,1-2H3. The number of rotatable bonds is 7. The third-order valence-corrected chi connectivity index (χ3v) is 8.23. The molecule has 3 heterocycles. The van der Waals surface area contributed by atoms with E-state index in [1.165, 1.54) is 17.7 Å². The van der Waals surface area contributed by atoms with Crippen molar-refractivity contribution in [2.45, 2.75) is 32.5 Å². The summed E-state index contributed by atoms with van der Waals surface area (Å²) < 4.78 is 38.4. The summed E-state index contributed by atoms with van der Waals surface area (Å²) in [6.45, 7) is 2.38. The number of morpholine rings is 1. The van der Waals surface area contributed by atoms with Crippen LogP contribution in [0.5, 0.6) is 5.75 Å². The first kappa shape index (κ1) is 28.5. The van der Waals surface area contributed by atoms with Crippen molar-refractivity contribution < 1.29 is 27.8 Å². The second-order valence-electron chi connectivity index (χ2n) is 10.0. The third-order valence-electron chi connectivity index (χ3n) is 7.73. The lowest BCUT2D eigenvalue weighted by molar-refractivity contribution is -0.0498. The van der Waals surface area contributed by atoms with Crippen molar-refractivity contribution in [2.24, 2.45) is 7.05 Å². The summed E-state index contributed by atoms with van der Waals surface area (Å²) in [7, 11) is 1.73. The lowest BCUT2D eigenvalue weighted by Gasteiger charge is -2.40. The minimum absolute atomic E-state index is 0.0849. The second-order valence-corrected chi connectivity index (χ2v) is 10.8. The summed E-state index contributed by atoms with van der Waals surface area (Å²) in [5, 5.41) is -0.729. The van der Waals surface area contributed by atoms with Crippen molar-refractivity contribution in [3.05, 3.63) is 75.4 Å². The van der Waals surface area contributed by atoms with E-state index in [0.29, 0.717) is 49.7 Å². The molecule has 0 saturated carbocycles. The smallest absolute Gasteiger partial charge is 0.387 e. The number of hydrogen-bond donors (Lipinski definition) is 0. The van der Waals surface area contributed by atoms with Gasteiger partial charge >= 0.3 is 6.61 Å². The van der Waals surface area contributed by atoms with E-state index in [9.17, 15) is 18.4 Å². The molecule has 1 atom stereocenters. The highest BCUT2D eigenvalue weighted by Crippen LogP contribution is 2.38. The topological polar surface area (TPSA) is 64.0 Å². The Morgan fingerprint density at radius 2 is 1.80 bits per heavy atom. The molecule has 1 unspecified atom stereocenters. The predicted octanol–water partition coefficient (Wildman–Crippen LogP) is 5.53. The first-order valence-corrected chi connectivity index (χ1v) is 13.7. The van der Waals surface area contributed by atoms with Gasteiger partial charge in [0.1, 0.15) is 5.75 Å². The second kappa shape index (κ2) is 11.9. The van der Waals surface area contributed by atoms with Gasteiger partial charge in [-0.05, 0) is 54.3 Å². The summed E-state index contributed by atoms with van der Waals surface area (Å²) in [4.78, 5) is 30.6. The molecule has 0 aliphatic carbocycles. The van der Waals surface area contributed by atoms with E-state index in [-0.39, 0.29) is 33.8 Å². The molecule has 0 radical (unpaired) electrons. The molecule has 40 heavy (non-hydrogen) atoms. The fourth-order valence-electron chi connectivity index (χ4n) is 5.51. The van der Waals surface area contributed by atoms with E-state index in [1.54, 1.807) is 29.5 Å². The molecule has 2 aliphatic heterocycles. The average molecular weight is 592 g/mol. The summed E-state index contributed by atoms with van der Waals surface area (Å²) in [6, 6.07) is 12.1. The molecule has 1 fully saturated rings. The zero-order chi connectivity index (χ0) is 28.6. The van der Waals surface area contributed by atoms with Crippen LogP contribution in [-0.2, 0) is 24.8 Å². The van der Waals surface area contributed by atoms with Gasteiger partial charge in [-0.3, -0.25) is 14.5 Å². The number of carbonyl (C=O) groups is 2. The van der Waals surface area contributed by atoms with Gasteiger partial charge in [-0.25, -0.2) is 0 Å². The van der Waals surface area contributed by atoms with Gasteiger partial charge in [-0.1, -0.05) is 35.9 Å². The maximum absolute atomic E-state index is 14.4. The molecule has 3 aromatic rings. The van der Waals surface area contributed by atoms with Crippen molar-refractivity contribution in [3.63, 3.8) is 0 Å². The van der Waals surface area contributed by atoms with E-state index in [2.05, 4.69) is 15.7 Å². The summed E-state index contributed by atoms with van der Waals surface area (Å²) in [6.07, 6.45) is 0.650. The van der Waals surface area contributed by atoms with Crippen LogP contribution in [0.2, 0.25) is 5.02 Å². The Hall–Kier alpha value is -2.98. The number of ether oxygens (including phenoxy) is 2. The van der Waals surface area contributed by atoms with Crippen LogP contribution in [0.1, 0.15) is 37.5 Å². The Labute approximate surface area is 241 Å². The number of alkyl halides is 2. The van der Waals surface area contributed by atoms with Gasteiger partial charge in [0.05, 0.1) is 29.4 Å². The molecule has 212 valence electrons. The highest BCUT2D eigenvalue weighted by molar-refractivity contribution is 6.68. The molecule has 0 bridgehead atoms. The fourth-order valence-corrected chi connectivity index (χ4v) is 5.91. The lowest BCUT2D eigenvalue weighted by Crippen LogP contribution is -2.52. The van der Waals surface area contributed by atoms with Gasteiger partial charge in [0.2, 0.25) is 0 Å². The Bertz CT molecular complexity index is 1440. The van der Waals surface area contributed by atoms with Gasteiger partial charge in [-0.2, -0.15) is 8.78 Å². The normalized spacial score (nSPS) is 17.7. The van der Waals surface area contributed by atoms with Crippen molar-refractivity contribution in [1.82, 2.24) is 14.4 Å². The summed E-state index contributed by atoms with van der Waals surface area (Å²) in [5.74, 6) is -0.651. The van der Waals surface area contributed by atoms with Crippen LogP contribution in [0.15, 0.2) is 42.5 Å². The van der Waals surface area contributed by atoms with Crippen molar-refractivity contribution in [1.29, 1.82) is 0 Å². The van der Waals surface area contributed by atoms with Gasteiger partial charge in [0, 0.05) is 56.2 Å². The van der Waals surface area contributed by atoms with Crippen LogP contribution < -0.4 is 4.74 Å². The van der Waals surface area contributed by atoms with E-state index in [1.807, 2.05) is 18.2 Å². The quantitative estimate of drug-likeness (QED) is 0.338. The zero-order valence-electron chi connectivity index (χ0n) is 22.1.